The number of nitrogen functional groups attached to an aromatic ring is 1. The van der Waals surface area contributed by atoms with Gasteiger partial charge in [0.2, 0.25) is 5.88 Å². The van der Waals surface area contributed by atoms with Gasteiger partial charge in [-0.15, -0.1) is 0 Å². The average Bonchev–Trinajstić information content (AvgIpc) is 2.73. The van der Waals surface area contributed by atoms with Crippen LogP contribution in [0, 0.1) is 11.6 Å². The van der Waals surface area contributed by atoms with Crippen LogP contribution in [0.5, 0.6) is 0 Å². The first-order valence-electron chi connectivity index (χ1n) is 5.69. The first kappa shape index (κ1) is 12.3. The Bertz CT molecular complexity index is 807. The molecule has 0 saturated carbocycles. The predicted molar refractivity (Wildman–Crippen MR) is 69.2 cm³/mol. The molecule has 0 unspecified atom stereocenters. The molecule has 0 fully saturated rings. The maximum absolute atomic E-state index is 13.7. The SMILES string of the molecule is Nc1oc2cc(-c3c(F)cccc3F)cnc2c1C=O. The number of anilines is 1. The number of halogens is 2. The molecule has 2 heterocycles. The minimum absolute atomic E-state index is 0.0753. The van der Waals surface area contributed by atoms with E-state index in [-0.39, 0.29) is 33.7 Å². The summed E-state index contributed by atoms with van der Waals surface area (Å²) in [5.74, 6) is -1.49. The summed E-state index contributed by atoms with van der Waals surface area (Å²) in [6.07, 6.45) is 1.79. The van der Waals surface area contributed by atoms with Crippen molar-refractivity contribution in [1.29, 1.82) is 0 Å². The van der Waals surface area contributed by atoms with Gasteiger partial charge in [-0.05, 0) is 18.2 Å². The molecule has 0 atom stereocenters. The maximum atomic E-state index is 13.7. The van der Waals surface area contributed by atoms with Gasteiger partial charge in [-0.2, -0.15) is 0 Å². The topological polar surface area (TPSA) is 69.1 Å². The van der Waals surface area contributed by atoms with Crippen molar-refractivity contribution in [1.82, 2.24) is 4.98 Å². The van der Waals surface area contributed by atoms with Crippen LogP contribution in [0.1, 0.15) is 10.4 Å². The Morgan fingerprint density at radius 1 is 1.25 bits per heavy atom. The highest BCUT2D eigenvalue weighted by atomic mass is 19.1. The van der Waals surface area contributed by atoms with Crippen LogP contribution in [0.4, 0.5) is 14.7 Å². The molecular formula is C14H8F2N2O2. The molecule has 3 rings (SSSR count). The number of furan rings is 1. The molecule has 0 aliphatic rings. The van der Waals surface area contributed by atoms with Gasteiger partial charge >= 0.3 is 0 Å². The first-order valence-corrected chi connectivity index (χ1v) is 5.69. The number of benzene rings is 1. The third kappa shape index (κ3) is 1.73. The molecule has 0 bridgehead atoms. The highest BCUT2D eigenvalue weighted by Crippen LogP contribution is 2.31. The summed E-state index contributed by atoms with van der Waals surface area (Å²) in [6, 6.07) is 4.97. The standard InChI is InChI=1S/C14H8F2N2O2/c15-9-2-1-3-10(16)12(9)7-4-11-13(18-5-7)8(6-19)14(17)20-11/h1-6H,17H2. The van der Waals surface area contributed by atoms with E-state index in [0.717, 1.165) is 12.1 Å². The van der Waals surface area contributed by atoms with Crippen LogP contribution >= 0.6 is 0 Å². The molecular weight excluding hydrogens is 266 g/mol. The lowest BCUT2D eigenvalue weighted by Crippen LogP contribution is -1.91. The summed E-state index contributed by atoms with van der Waals surface area (Å²) in [6.45, 7) is 0. The summed E-state index contributed by atoms with van der Waals surface area (Å²) < 4.78 is 32.6. The van der Waals surface area contributed by atoms with Gasteiger partial charge in [0, 0.05) is 11.8 Å². The molecule has 0 amide bonds. The molecule has 0 aliphatic heterocycles. The number of carbonyl (C=O) groups excluding carboxylic acids is 1. The largest absolute Gasteiger partial charge is 0.438 e. The predicted octanol–water partition coefficient (Wildman–Crippen LogP) is 3.17. The quantitative estimate of drug-likeness (QED) is 0.729. The average molecular weight is 274 g/mol. The van der Waals surface area contributed by atoms with Crippen molar-refractivity contribution in [2.24, 2.45) is 0 Å². The fraction of sp³-hybridized carbons (Fsp3) is 0. The highest BCUT2D eigenvalue weighted by molar-refractivity contribution is 5.99. The molecule has 20 heavy (non-hydrogen) atoms. The lowest BCUT2D eigenvalue weighted by molar-refractivity contribution is 0.112. The molecule has 2 aromatic heterocycles. The molecule has 100 valence electrons. The number of rotatable bonds is 2. The van der Waals surface area contributed by atoms with Crippen molar-refractivity contribution in [3.05, 3.63) is 47.7 Å². The Morgan fingerprint density at radius 3 is 2.60 bits per heavy atom. The van der Waals surface area contributed by atoms with Crippen molar-refractivity contribution in [3.63, 3.8) is 0 Å². The fourth-order valence-corrected chi connectivity index (χ4v) is 2.04. The summed E-state index contributed by atoms with van der Waals surface area (Å²) in [7, 11) is 0. The molecule has 0 radical (unpaired) electrons. The van der Waals surface area contributed by atoms with Gasteiger partial charge in [-0.25, -0.2) is 8.78 Å². The number of carbonyl (C=O) groups is 1. The van der Waals surface area contributed by atoms with Crippen molar-refractivity contribution in [3.8, 4) is 11.1 Å². The van der Waals surface area contributed by atoms with E-state index in [0.29, 0.717) is 6.29 Å². The minimum Gasteiger partial charge on any atom is -0.438 e. The van der Waals surface area contributed by atoms with Crippen LogP contribution in [0.3, 0.4) is 0 Å². The van der Waals surface area contributed by atoms with Crippen LogP contribution < -0.4 is 5.73 Å². The minimum atomic E-state index is -0.707. The monoisotopic (exact) mass is 274 g/mol. The maximum Gasteiger partial charge on any atom is 0.203 e. The Labute approximate surface area is 111 Å². The fourth-order valence-electron chi connectivity index (χ4n) is 2.04. The van der Waals surface area contributed by atoms with Gasteiger partial charge in [-0.1, -0.05) is 6.07 Å². The molecule has 0 aliphatic carbocycles. The van der Waals surface area contributed by atoms with Crippen molar-refractivity contribution >= 4 is 23.3 Å². The smallest absolute Gasteiger partial charge is 0.203 e. The van der Waals surface area contributed by atoms with Crippen molar-refractivity contribution < 1.29 is 18.0 Å². The molecule has 1 aromatic carbocycles. The molecule has 2 N–H and O–H groups in total. The molecule has 4 nitrogen and oxygen atoms in total. The van der Waals surface area contributed by atoms with Crippen LogP contribution in [0.15, 0.2) is 34.9 Å². The Balaban J connectivity index is 2.26. The summed E-state index contributed by atoms with van der Waals surface area (Å²) in [5, 5.41) is 0. The van der Waals surface area contributed by atoms with Gasteiger partial charge < -0.3 is 10.2 Å². The second kappa shape index (κ2) is 4.41. The molecule has 0 saturated heterocycles. The van der Waals surface area contributed by atoms with E-state index in [2.05, 4.69) is 4.98 Å². The number of hydrogen-bond acceptors (Lipinski definition) is 4. The summed E-state index contributed by atoms with van der Waals surface area (Å²) >= 11 is 0. The van der Waals surface area contributed by atoms with Gasteiger partial charge in [0.05, 0.1) is 5.56 Å². The van der Waals surface area contributed by atoms with E-state index in [1.807, 2.05) is 0 Å². The van der Waals surface area contributed by atoms with E-state index in [1.165, 1.54) is 18.3 Å². The molecule has 3 aromatic rings. The molecule has 6 heteroatoms. The first-order chi connectivity index (χ1) is 9.61. The third-order valence-corrected chi connectivity index (χ3v) is 2.96. The number of nitrogens with zero attached hydrogens (tertiary/aromatic N) is 1. The number of hydrogen-bond donors (Lipinski definition) is 1. The van der Waals surface area contributed by atoms with E-state index in [9.17, 15) is 13.6 Å². The zero-order valence-corrected chi connectivity index (χ0v) is 10.1. The lowest BCUT2D eigenvalue weighted by atomic mass is 10.1. The zero-order chi connectivity index (χ0) is 14.3. The number of pyridine rings is 1. The van der Waals surface area contributed by atoms with Crippen LogP contribution in [-0.4, -0.2) is 11.3 Å². The van der Waals surface area contributed by atoms with Gasteiger partial charge in [0.1, 0.15) is 22.7 Å². The number of aldehydes is 1. The van der Waals surface area contributed by atoms with E-state index in [1.54, 1.807) is 0 Å². The van der Waals surface area contributed by atoms with Crippen LogP contribution in [0.2, 0.25) is 0 Å². The number of nitrogens with two attached hydrogens (primary N) is 1. The number of fused-ring (bicyclic) bond motifs is 1. The van der Waals surface area contributed by atoms with Crippen LogP contribution in [-0.2, 0) is 0 Å². The number of aromatic nitrogens is 1. The molecule has 0 spiro atoms. The normalized spacial score (nSPS) is 10.9. The van der Waals surface area contributed by atoms with E-state index in [4.69, 9.17) is 10.2 Å². The van der Waals surface area contributed by atoms with Crippen molar-refractivity contribution in [2.75, 3.05) is 5.73 Å². The third-order valence-electron chi connectivity index (χ3n) is 2.96. The summed E-state index contributed by atoms with van der Waals surface area (Å²) in [4.78, 5) is 14.9. The summed E-state index contributed by atoms with van der Waals surface area (Å²) in [5.41, 5.74) is 6.12. The van der Waals surface area contributed by atoms with Crippen LogP contribution in [0.25, 0.3) is 22.2 Å². The van der Waals surface area contributed by atoms with Gasteiger partial charge in [-0.3, -0.25) is 9.78 Å². The second-order valence-electron chi connectivity index (χ2n) is 4.17. The Morgan fingerprint density at radius 2 is 1.95 bits per heavy atom. The van der Waals surface area contributed by atoms with Gasteiger partial charge in [0.15, 0.2) is 11.9 Å². The van der Waals surface area contributed by atoms with Crippen molar-refractivity contribution in [2.45, 2.75) is 0 Å². The zero-order valence-electron chi connectivity index (χ0n) is 10.1. The van der Waals surface area contributed by atoms with Gasteiger partial charge in [0.25, 0.3) is 0 Å². The van der Waals surface area contributed by atoms with E-state index < -0.39 is 11.6 Å². The highest BCUT2D eigenvalue weighted by Gasteiger charge is 2.16. The Kier molecular flexibility index (Phi) is 2.71. The lowest BCUT2D eigenvalue weighted by Gasteiger charge is -2.04. The Hall–Kier alpha value is -2.76. The van der Waals surface area contributed by atoms with E-state index >= 15 is 0 Å². The second-order valence-corrected chi connectivity index (χ2v) is 4.17.